The zero-order chi connectivity index (χ0) is 38.4. The van der Waals surface area contributed by atoms with E-state index in [-0.39, 0.29) is 65.2 Å². The second-order valence-corrected chi connectivity index (χ2v) is 21.6. The predicted octanol–water partition coefficient (Wildman–Crippen LogP) is 5.99. The Morgan fingerprint density at radius 3 is 1.42 bits per heavy atom. The molecule has 14 heteroatoms. The smallest absolute Gasteiger partial charge is 0.355 e. The summed E-state index contributed by atoms with van der Waals surface area (Å²) in [6.45, 7) is 17.4. The summed E-state index contributed by atoms with van der Waals surface area (Å²) in [4.78, 5) is 24.2. The zero-order valence-corrected chi connectivity index (χ0v) is 32.8. The summed E-state index contributed by atoms with van der Waals surface area (Å²) in [7, 11) is -7.44. The normalized spacial score (nSPS) is 11.5. The number of carbonyl (C=O) groups is 2. The average molecular weight is 786 g/mol. The second kappa shape index (κ2) is 18.5. The van der Waals surface area contributed by atoms with Gasteiger partial charge in [0.1, 0.15) is 24.4 Å². The SMILES string of the molecule is C.C.C=Cc1c(S(=O)(=O)C[Si](c2ccccc2)(c2ccccc2)C(C)(C)C)cn(C)c1C(=O)OCC.C=Cc1c(S(N)(=O)=O)cn(C)c1C(=O)OCC. The Morgan fingerprint density at radius 2 is 1.09 bits per heavy atom. The average Bonchev–Trinajstić information content (AvgIpc) is 3.61. The maximum Gasteiger partial charge on any atom is 0.355 e. The van der Waals surface area contributed by atoms with Crippen LogP contribution in [0.1, 0.15) is 81.6 Å². The maximum atomic E-state index is 14.2. The molecular formula is C39H55N3O8S2Si. The van der Waals surface area contributed by atoms with Gasteiger partial charge in [-0.15, -0.1) is 0 Å². The highest BCUT2D eigenvalue weighted by molar-refractivity contribution is 7.93. The molecule has 0 aliphatic heterocycles. The molecule has 0 amide bonds. The van der Waals surface area contributed by atoms with Gasteiger partial charge < -0.3 is 18.6 Å². The van der Waals surface area contributed by atoms with Crippen molar-refractivity contribution in [1.82, 2.24) is 9.13 Å². The van der Waals surface area contributed by atoms with Crippen molar-refractivity contribution in [2.45, 2.75) is 64.3 Å². The summed E-state index contributed by atoms with van der Waals surface area (Å²) in [5.74, 6) is -1.17. The van der Waals surface area contributed by atoms with Crippen molar-refractivity contribution < 1.29 is 35.9 Å². The molecule has 2 heterocycles. The number of esters is 2. The van der Waals surface area contributed by atoms with E-state index in [9.17, 15) is 26.4 Å². The molecule has 0 radical (unpaired) electrons. The van der Waals surface area contributed by atoms with Gasteiger partial charge in [-0.1, -0.05) is 132 Å². The summed E-state index contributed by atoms with van der Waals surface area (Å²) in [6, 6.07) is 19.9. The quantitative estimate of drug-likeness (QED) is 0.136. The van der Waals surface area contributed by atoms with Gasteiger partial charge in [-0.25, -0.2) is 31.6 Å². The molecule has 2 aromatic carbocycles. The fraction of sp³-hybridized carbons (Fsp3) is 0.333. The predicted molar refractivity (Wildman–Crippen MR) is 217 cm³/mol. The first-order valence-corrected chi connectivity index (χ1v) is 21.6. The van der Waals surface area contributed by atoms with Gasteiger partial charge in [-0.05, 0) is 18.9 Å². The van der Waals surface area contributed by atoms with E-state index in [2.05, 4.69) is 33.9 Å². The minimum Gasteiger partial charge on any atom is -0.461 e. The van der Waals surface area contributed by atoms with Crippen molar-refractivity contribution in [3.05, 3.63) is 109 Å². The molecule has 2 aromatic heterocycles. The van der Waals surface area contributed by atoms with Crippen LogP contribution in [0.2, 0.25) is 5.04 Å². The van der Waals surface area contributed by atoms with E-state index in [1.165, 1.54) is 40.7 Å². The molecule has 0 spiro atoms. The lowest BCUT2D eigenvalue weighted by molar-refractivity contribution is 0.0505. The monoisotopic (exact) mass is 785 g/mol. The van der Waals surface area contributed by atoms with Gasteiger partial charge in [0.05, 0.1) is 23.5 Å². The van der Waals surface area contributed by atoms with E-state index in [0.29, 0.717) is 5.56 Å². The van der Waals surface area contributed by atoms with Crippen molar-refractivity contribution in [3.63, 3.8) is 0 Å². The molecule has 0 bridgehead atoms. The van der Waals surface area contributed by atoms with Gasteiger partial charge in [0, 0.05) is 37.6 Å². The van der Waals surface area contributed by atoms with Gasteiger partial charge in [0.15, 0.2) is 9.84 Å². The van der Waals surface area contributed by atoms with Crippen LogP contribution >= 0.6 is 0 Å². The number of ether oxygens (including phenoxy) is 2. The van der Waals surface area contributed by atoms with Gasteiger partial charge in [-0.3, -0.25) is 0 Å². The molecule has 0 aliphatic rings. The Labute approximate surface area is 317 Å². The lowest BCUT2D eigenvalue weighted by Gasteiger charge is -2.43. The van der Waals surface area contributed by atoms with E-state index in [1.807, 2.05) is 60.7 Å². The minimum atomic E-state index is -3.90. The Morgan fingerprint density at radius 1 is 0.736 bits per heavy atom. The Balaban J connectivity index is 0.000000627. The number of sulfone groups is 1. The van der Waals surface area contributed by atoms with Crippen molar-refractivity contribution in [1.29, 1.82) is 0 Å². The third-order valence-corrected chi connectivity index (χ3v) is 19.0. The summed E-state index contributed by atoms with van der Waals surface area (Å²) in [6.07, 6.45) is 5.48. The first kappa shape index (κ1) is 46.5. The van der Waals surface area contributed by atoms with Crippen LogP contribution < -0.4 is 15.5 Å². The third kappa shape index (κ3) is 9.73. The Bertz CT molecular complexity index is 2080. The van der Waals surface area contributed by atoms with Gasteiger partial charge in [0.2, 0.25) is 10.0 Å². The molecule has 290 valence electrons. The molecule has 0 aliphatic carbocycles. The molecule has 0 saturated carbocycles. The van der Waals surface area contributed by atoms with Crippen LogP contribution in [0.3, 0.4) is 0 Å². The topological polar surface area (TPSA) is 157 Å². The van der Waals surface area contributed by atoms with Crippen molar-refractivity contribution in [2.24, 2.45) is 19.2 Å². The summed E-state index contributed by atoms with van der Waals surface area (Å²) in [5.41, 5.74) is 0.760. The van der Waals surface area contributed by atoms with Crippen LogP contribution in [-0.4, -0.2) is 64.6 Å². The number of nitrogens with two attached hydrogens (primary N) is 1. The van der Waals surface area contributed by atoms with Crippen LogP contribution in [0.25, 0.3) is 12.2 Å². The molecule has 4 rings (SSSR count). The number of aryl methyl sites for hydroxylation is 2. The molecule has 0 saturated heterocycles. The second-order valence-electron chi connectivity index (χ2n) is 12.8. The summed E-state index contributed by atoms with van der Waals surface area (Å²) >= 11 is 0. The lowest BCUT2D eigenvalue weighted by Crippen LogP contribution is -2.68. The largest absolute Gasteiger partial charge is 0.461 e. The summed E-state index contributed by atoms with van der Waals surface area (Å²) in [5, 5.41) is 6.80. The van der Waals surface area contributed by atoms with Crippen LogP contribution in [0.4, 0.5) is 0 Å². The number of benzene rings is 2. The number of rotatable bonds is 12. The zero-order valence-electron chi connectivity index (χ0n) is 30.2. The van der Waals surface area contributed by atoms with Crippen LogP contribution in [-0.2, 0) is 43.4 Å². The lowest BCUT2D eigenvalue weighted by atomic mass is 10.2. The number of carbonyl (C=O) groups excluding carboxylic acids is 2. The van der Waals surface area contributed by atoms with E-state index in [4.69, 9.17) is 14.6 Å². The molecule has 0 atom stereocenters. The van der Waals surface area contributed by atoms with Gasteiger partial charge in [-0.2, -0.15) is 0 Å². The highest BCUT2D eigenvalue weighted by atomic mass is 32.2. The number of primary sulfonamides is 1. The first-order valence-electron chi connectivity index (χ1n) is 16.2. The van der Waals surface area contributed by atoms with Crippen LogP contribution in [0, 0.1) is 0 Å². The van der Waals surface area contributed by atoms with E-state index in [0.717, 1.165) is 10.4 Å². The Kier molecular flexibility index (Phi) is 16.2. The summed E-state index contributed by atoms with van der Waals surface area (Å²) < 4.78 is 63.9. The minimum absolute atomic E-state index is 0. The molecule has 0 fully saturated rings. The molecule has 0 unspecified atom stereocenters. The van der Waals surface area contributed by atoms with Crippen LogP contribution in [0.5, 0.6) is 0 Å². The van der Waals surface area contributed by atoms with E-state index in [1.54, 1.807) is 20.9 Å². The number of sulfonamides is 1. The maximum absolute atomic E-state index is 14.2. The fourth-order valence-corrected chi connectivity index (χ4v) is 17.4. The highest BCUT2D eigenvalue weighted by Crippen LogP contribution is 2.38. The Hall–Kier alpha value is -4.50. The fourth-order valence-electron chi connectivity index (χ4n) is 6.23. The first-order chi connectivity index (χ1) is 23.8. The van der Waals surface area contributed by atoms with Gasteiger partial charge >= 0.3 is 11.9 Å². The van der Waals surface area contributed by atoms with Crippen molar-refractivity contribution >= 4 is 62.4 Å². The number of nitrogens with zero attached hydrogens (tertiary/aromatic N) is 2. The highest BCUT2D eigenvalue weighted by Gasteiger charge is 2.51. The van der Waals surface area contributed by atoms with Gasteiger partial charge in [0.25, 0.3) is 0 Å². The molecule has 2 N–H and O–H groups in total. The molecule has 4 aromatic rings. The number of aromatic nitrogens is 2. The third-order valence-electron chi connectivity index (χ3n) is 8.58. The molecular weight excluding hydrogens is 731 g/mol. The van der Waals surface area contributed by atoms with E-state index >= 15 is 0 Å². The number of hydrogen-bond acceptors (Lipinski definition) is 8. The van der Waals surface area contributed by atoms with Crippen molar-refractivity contribution in [3.8, 4) is 0 Å². The number of hydrogen-bond donors (Lipinski definition) is 1. The molecule has 11 nitrogen and oxygen atoms in total. The standard InChI is InChI=1S/C27H33NO4SSi.C10H14N2O4S.2CH4/c1-7-23-24(19-28(6)25(23)26(29)32-8-2)33(30,31)20-34(27(3,4)5,21-15-11-9-12-16-21)22-17-13-10-14-18-22;1-4-7-8(17(11,14)15)6-12(3)9(7)10(13)16-5-2;;/h7,9-19H,1,8,20H2,2-6H3;4,6H,1,5H2,2-3H3,(H2,11,14,15);2*1H4. The van der Waals surface area contributed by atoms with Crippen LogP contribution in [0.15, 0.2) is 96.0 Å². The molecule has 53 heavy (non-hydrogen) atoms. The van der Waals surface area contributed by atoms with E-state index < -0.39 is 39.9 Å². The van der Waals surface area contributed by atoms with Crippen molar-refractivity contribution in [2.75, 3.05) is 18.6 Å².